The minimum atomic E-state index is -3.96. The Balaban J connectivity index is 1.68. The summed E-state index contributed by atoms with van der Waals surface area (Å²) in [7, 11) is -2.48. The highest BCUT2D eigenvalue weighted by Gasteiger charge is 2.28. The number of carbonyl (C=O) groups is 1. The maximum Gasteiger partial charge on any atom is 0.257 e. The second-order valence-corrected chi connectivity index (χ2v) is 10.9. The molecule has 35 heavy (non-hydrogen) atoms. The van der Waals surface area contributed by atoms with E-state index in [1.807, 2.05) is 61.5 Å². The smallest absolute Gasteiger partial charge is 0.257 e. The van der Waals surface area contributed by atoms with Gasteiger partial charge in [-0.15, -0.1) is 0 Å². The summed E-state index contributed by atoms with van der Waals surface area (Å²) in [6, 6.07) is 21.1. The molecule has 1 saturated heterocycles. The maximum atomic E-state index is 13.6. The number of carbonyl (C=O) groups excluding carboxylic acids is 1. The summed E-state index contributed by atoms with van der Waals surface area (Å²) in [5, 5.41) is 0. The molecular formula is C28H32N2O4S. The molecule has 0 spiro atoms. The van der Waals surface area contributed by atoms with Crippen LogP contribution in [0.4, 0.5) is 0 Å². The van der Waals surface area contributed by atoms with Gasteiger partial charge in [-0.1, -0.05) is 67.1 Å². The van der Waals surface area contributed by atoms with Crippen molar-refractivity contribution in [2.24, 2.45) is 5.92 Å². The first kappa shape index (κ1) is 24.9. The summed E-state index contributed by atoms with van der Waals surface area (Å²) in [5.41, 5.74) is 3.01. The number of likely N-dealkylation sites (tertiary alicyclic amines) is 1. The molecule has 1 N–H and O–H groups in total. The van der Waals surface area contributed by atoms with Gasteiger partial charge in [0.2, 0.25) is 10.0 Å². The molecule has 1 amide bonds. The Labute approximate surface area is 208 Å². The van der Waals surface area contributed by atoms with Gasteiger partial charge in [-0.25, -0.2) is 8.42 Å². The molecule has 0 aliphatic carbocycles. The second-order valence-electron chi connectivity index (χ2n) is 9.21. The van der Waals surface area contributed by atoms with Crippen molar-refractivity contribution < 1.29 is 17.9 Å². The summed E-state index contributed by atoms with van der Waals surface area (Å²) < 4.78 is 35.4. The molecule has 0 saturated carbocycles. The standard InChI is InChI=1S/C28H32N2O4S/c1-20-9-11-23(12-10-20)27(22-7-5-4-6-8-22)29-35(32,33)24-13-14-26(34-3)25(19-24)28(31)30-17-15-21(2)16-18-30/h4-14,19,21,27,29H,15-18H2,1-3H3/t27-/m0/s1. The molecule has 0 aromatic heterocycles. The first-order valence-electron chi connectivity index (χ1n) is 11.9. The molecule has 1 heterocycles. The highest BCUT2D eigenvalue weighted by Crippen LogP contribution is 2.29. The Kier molecular flexibility index (Phi) is 7.57. The molecule has 1 aliphatic rings. The molecular weight excluding hydrogens is 460 g/mol. The summed E-state index contributed by atoms with van der Waals surface area (Å²) in [6.45, 7) is 5.48. The number of hydrogen-bond donors (Lipinski definition) is 1. The van der Waals surface area contributed by atoms with Crippen LogP contribution in [0, 0.1) is 12.8 Å². The number of sulfonamides is 1. The van der Waals surface area contributed by atoms with Gasteiger partial charge in [-0.05, 0) is 55.0 Å². The van der Waals surface area contributed by atoms with Gasteiger partial charge in [0, 0.05) is 13.1 Å². The van der Waals surface area contributed by atoms with E-state index in [4.69, 9.17) is 4.74 Å². The van der Waals surface area contributed by atoms with Gasteiger partial charge in [0.05, 0.1) is 23.6 Å². The van der Waals surface area contributed by atoms with Crippen molar-refractivity contribution >= 4 is 15.9 Å². The minimum absolute atomic E-state index is 0.0278. The van der Waals surface area contributed by atoms with Crippen molar-refractivity contribution in [3.8, 4) is 5.75 Å². The number of piperidine rings is 1. The van der Waals surface area contributed by atoms with Crippen LogP contribution in [0.1, 0.15) is 52.9 Å². The number of nitrogens with zero attached hydrogens (tertiary/aromatic N) is 1. The Bertz CT molecular complexity index is 1270. The molecule has 3 aromatic rings. The van der Waals surface area contributed by atoms with Gasteiger partial charge in [-0.2, -0.15) is 4.72 Å². The lowest BCUT2D eigenvalue weighted by atomic mass is 9.98. The number of rotatable bonds is 7. The van der Waals surface area contributed by atoms with Gasteiger partial charge >= 0.3 is 0 Å². The molecule has 7 heteroatoms. The first-order valence-corrected chi connectivity index (χ1v) is 13.4. The average molecular weight is 493 g/mol. The second kappa shape index (κ2) is 10.6. The third-order valence-corrected chi connectivity index (χ3v) is 8.02. The number of ether oxygens (including phenoxy) is 1. The van der Waals surface area contributed by atoms with Crippen LogP contribution in [-0.4, -0.2) is 39.4 Å². The van der Waals surface area contributed by atoms with Crippen LogP contribution in [0.5, 0.6) is 5.75 Å². The fraction of sp³-hybridized carbons (Fsp3) is 0.321. The highest BCUT2D eigenvalue weighted by molar-refractivity contribution is 7.89. The number of aryl methyl sites for hydroxylation is 1. The van der Waals surface area contributed by atoms with Gasteiger partial charge in [0.15, 0.2) is 0 Å². The van der Waals surface area contributed by atoms with Gasteiger partial charge in [0.1, 0.15) is 5.75 Å². The minimum Gasteiger partial charge on any atom is -0.496 e. The zero-order valence-corrected chi connectivity index (χ0v) is 21.2. The fourth-order valence-corrected chi connectivity index (χ4v) is 5.60. The van der Waals surface area contributed by atoms with Gasteiger partial charge in [-0.3, -0.25) is 4.79 Å². The van der Waals surface area contributed by atoms with E-state index in [0.29, 0.717) is 24.8 Å². The van der Waals surface area contributed by atoms with Crippen LogP contribution in [0.3, 0.4) is 0 Å². The molecule has 1 atom stereocenters. The van der Waals surface area contributed by atoms with E-state index < -0.39 is 16.1 Å². The molecule has 3 aromatic carbocycles. The molecule has 1 aliphatic heterocycles. The normalized spacial score (nSPS) is 15.6. The van der Waals surface area contributed by atoms with E-state index >= 15 is 0 Å². The lowest BCUT2D eigenvalue weighted by molar-refractivity contribution is 0.0693. The average Bonchev–Trinajstić information content (AvgIpc) is 2.88. The number of amides is 1. The molecule has 1 fully saturated rings. The van der Waals surface area contributed by atoms with E-state index in [1.165, 1.54) is 19.2 Å². The topological polar surface area (TPSA) is 75.7 Å². The lowest BCUT2D eigenvalue weighted by Crippen LogP contribution is -2.38. The van der Waals surface area contributed by atoms with Gasteiger partial charge < -0.3 is 9.64 Å². The third-order valence-electron chi connectivity index (χ3n) is 6.60. The Hall–Kier alpha value is -3.16. The number of nitrogens with one attached hydrogen (secondary N) is 1. The van der Waals surface area contributed by atoms with Crippen molar-refractivity contribution in [2.75, 3.05) is 20.2 Å². The number of hydrogen-bond acceptors (Lipinski definition) is 4. The summed E-state index contributed by atoms with van der Waals surface area (Å²) in [6.07, 6.45) is 1.87. The molecule has 6 nitrogen and oxygen atoms in total. The number of methoxy groups -OCH3 is 1. The largest absolute Gasteiger partial charge is 0.496 e. The van der Waals surface area contributed by atoms with Crippen LogP contribution in [0.25, 0.3) is 0 Å². The van der Waals surface area contributed by atoms with Gasteiger partial charge in [0.25, 0.3) is 5.91 Å². The molecule has 4 rings (SSSR count). The maximum absolute atomic E-state index is 13.6. The zero-order valence-electron chi connectivity index (χ0n) is 20.4. The molecule has 0 unspecified atom stereocenters. The Morgan fingerprint density at radius 1 is 0.971 bits per heavy atom. The predicted molar refractivity (Wildman–Crippen MR) is 137 cm³/mol. The van der Waals surface area contributed by atoms with Crippen LogP contribution >= 0.6 is 0 Å². The van der Waals surface area contributed by atoms with E-state index in [2.05, 4.69) is 11.6 Å². The summed E-state index contributed by atoms with van der Waals surface area (Å²) in [4.78, 5) is 15.1. The van der Waals surface area contributed by atoms with E-state index in [0.717, 1.165) is 29.5 Å². The van der Waals surface area contributed by atoms with E-state index in [9.17, 15) is 13.2 Å². The van der Waals surface area contributed by atoms with Crippen LogP contribution in [0.2, 0.25) is 0 Å². The van der Waals surface area contributed by atoms with Crippen molar-refractivity contribution in [2.45, 2.75) is 37.6 Å². The quantitative estimate of drug-likeness (QED) is 0.507. The summed E-state index contributed by atoms with van der Waals surface area (Å²) >= 11 is 0. The van der Waals surface area contributed by atoms with Crippen molar-refractivity contribution in [3.63, 3.8) is 0 Å². The monoisotopic (exact) mass is 492 g/mol. The molecule has 184 valence electrons. The SMILES string of the molecule is COc1ccc(S(=O)(=O)N[C@@H](c2ccccc2)c2ccc(C)cc2)cc1C(=O)N1CCC(C)CC1. The van der Waals surface area contributed by atoms with E-state index in [-0.39, 0.29) is 16.4 Å². The fourth-order valence-electron chi connectivity index (χ4n) is 4.36. The highest BCUT2D eigenvalue weighted by atomic mass is 32.2. The third kappa shape index (κ3) is 5.74. The summed E-state index contributed by atoms with van der Waals surface area (Å²) in [5.74, 6) is 0.739. The number of benzene rings is 3. The molecule has 0 bridgehead atoms. The molecule has 0 radical (unpaired) electrons. The van der Waals surface area contributed by atoms with Crippen molar-refractivity contribution in [1.82, 2.24) is 9.62 Å². The lowest BCUT2D eigenvalue weighted by Gasteiger charge is -2.30. The van der Waals surface area contributed by atoms with Crippen LogP contribution in [-0.2, 0) is 10.0 Å². The van der Waals surface area contributed by atoms with Crippen molar-refractivity contribution in [1.29, 1.82) is 0 Å². The van der Waals surface area contributed by atoms with Crippen LogP contribution < -0.4 is 9.46 Å². The zero-order chi connectivity index (χ0) is 25.0. The van der Waals surface area contributed by atoms with E-state index in [1.54, 1.807) is 11.0 Å². The predicted octanol–water partition coefficient (Wildman–Crippen LogP) is 4.94. The van der Waals surface area contributed by atoms with Crippen molar-refractivity contribution in [3.05, 3.63) is 95.1 Å². The first-order chi connectivity index (χ1) is 16.8. The Morgan fingerprint density at radius 3 is 2.23 bits per heavy atom. The Morgan fingerprint density at radius 2 is 1.60 bits per heavy atom. The van der Waals surface area contributed by atoms with Crippen LogP contribution in [0.15, 0.2) is 77.7 Å².